The Labute approximate surface area is 150 Å². The number of aryl methyl sites for hydroxylation is 1. The molecule has 1 aliphatic heterocycles. The summed E-state index contributed by atoms with van der Waals surface area (Å²) >= 11 is 0. The van der Waals surface area contributed by atoms with E-state index in [9.17, 15) is 9.59 Å². The zero-order chi connectivity index (χ0) is 18.4. The molecule has 7 nitrogen and oxygen atoms in total. The van der Waals surface area contributed by atoms with Crippen molar-refractivity contribution in [1.29, 1.82) is 0 Å². The Morgan fingerprint density at radius 3 is 2.65 bits per heavy atom. The zero-order valence-corrected chi connectivity index (χ0v) is 14.9. The highest BCUT2D eigenvalue weighted by Gasteiger charge is 2.29. The quantitative estimate of drug-likeness (QED) is 0.676. The first-order chi connectivity index (χ1) is 12.5. The number of fused-ring (bicyclic) bond motifs is 3. The van der Waals surface area contributed by atoms with Gasteiger partial charge in [0.1, 0.15) is 0 Å². The number of para-hydroxylation sites is 1. The molecule has 0 aliphatic carbocycles. The SMILES string of the molecule is C=CCn1c(=O)c2c(nc3n2C[C@H](C)CN3c2ccccc2)n(C)c1=O. The second-order valence-corrected chi connectivity index (χ2v) is 6.79. The maximum absolute atomic E-state index is 13.0. The van der Waals surface area contributed by atoms with Gasteiger partial charge in [0.15, 0.2) is 11.2 Å². The fraction of sp³-hybridized carbons (Fsp3) is 0.316. The molecule has 0 amide bonds. The van der Waals surface area contributed by atoms with Crippen LogP contribution in [0.25, 0.3) is 11.2 Å². The topological polar surface area (TPSA) is 65.1 Å². The van der Waals surface area contributed by atoms with E-state index in [1.165, 1.54) is 9.13 Å². The van der Waals surface area contributed by atoms with Crippen molar-refractivity contribution in [2.24, 2.45) is 13.0 Å². The van der Waals surface area contributed by atoms with Gasteiger partial charge in [-0.1, -0.05) is 31.2 Å². The van der Waals surface area contributed by atoms with Gasteiger partial charge in [-0.05, 0) is 18.1 Å². The second kappa shape index (κ2) is 6.01. The summed E-state index contributed by atoms with van der Waals surface area (Å²) in [6.07, 6.45) is 1.56. The van der Waals surface area contributed by atoms with Crippen molar-refractivity contribution in [3.8, 4) is 0 Å². The van der Waals surface area contributed by atoms with Crippen molar-refractivity contribution in [3.63, 3.8) is 0 Å². The molecule has 0 unspecified atom stereocenters. The lowest BCUT2D eigenvalue weighted by molar-refractivity contribution is 0.458. The van der Waals surface area contributed by atoms with Gasteiger partial charge in [0.05, 0.1) is 0 Å². The molecular formula is C19H21N5O2. The zero-order valence-electron chi connectivity index (χ0n) is 14.9. The lowest BCUT2D eigenvalue weighted by atomic mass is 10.1. The molecule has 1 atom stereocenters. The number of anilines is 2. The first-order valence-corrected chi connectivity index (χ1v) is 8.66. The molecule has 2 aromatic heterocycles. The monoisotopic (exact) mass is 351 g/mol. The van der Waals surface area contributed by atoms with Crippen LogP contribution in [0.2, 0.25) is 0 Å². The van der Waals surface area contributed by atoms with Crippen molar-refractivity contribution in [2.45, 2.75) is 20.0 Å². The molecule has 4 rings (SSSR count). The van der Waals surface area contributed by atoms with E-state index in [1.54, 1.807) is 13.1 Å². The van der Waals surface area contributed by atoms with Crippen molar-refractivity contribution in [3.05, 3.63) is 63.8 Å². The van der Waals surface area contributed by atoms with Crippen molar-refractivity contribution in [2.75, 3.05) is 11.4 Å². The normalized spacial score (nSPS) is 16.7. The first kappa shape index (κ1) is 16.4. The van der Waals surface area contributed by atoms with E-state index in [0.29, 0.717) is 29.6 Å². The third-order valence-electron chi connectivity index (χ3n) is 4.82. The van der Waals surface area contributed by atoms with E-state index >= 15 is 0 Å². The van der Waals surface area contributed by atoms with Crippen LogP contribution in [0.15, 0.2) is 52.6 Å². The lowest BCUT2D eigenvalue weighted by Crippen LogP contribution is -2.40. The molecule has 7 heteroatoms. The Bertz CT molecular complexity index is 1110. The third-order valence-corrected chi connectivity index (χ3v) is 4.82. The largest absolute Gasteiger partial charge is 0.332 e. The van der Waals surface area contributed by atoms with Crippen molar-refractivity contribution < 1.29 is 0 Å². The third kappa shape index (κ3) is 2.31. The summed E-state index contributed by atoms with van der Waals surface area (Å²) in [5, 5.41) is 0. The molecule has 0 fully saturated rings. The standard InChI is InChI=1S/C19H21N5O2/c1-4-10-22-17(25)15-16(21(3)19(22)26)20-18-23(11-13(2)12-24(15)18)14-8-6-5-7-9-14/h4-9,13H,1,10-12H2,2-3H3/t13-/m1/s1. The van der Waals surface area contributed by atoms with Crippen LogP contribution in [0, 0.1) is 5.92 Å². The van der Waals surface area contributed by atoms with Crippen LogP contribution in [0.5, 0.6) is 0 Å². The predicted octanol–water partition coefficient (Wildman–Crippen LogP) is 1.87. The van der Waals surface area contributed by atoms with E-state index in [1.807, 2.05) is 34.9 Å². The Morgan fingerprint density at radius 2 is 1.96 bits per heavy atom. The minimum absolute atomic E-state index is 0.180. The molecule has 0 bridgehead atoms. The van der Waals surface area contributed by atoms with Crippen LogP contribution in [0.1, 0.15) is 6.92 Å². The molecule has 134 valence electrons. The maximum Gasteiger partial charge on any atom is 0.332 e. The lowest BCUT2D eigenvalue weighted by Gasteiger charge is -2.32. The molecule has 1 aliphatic rings. The number of aromatic nitrogens is 4. The first-order valence-electron chi connectivity index (χ1n) is 8.66. The summed E-state index contributed by atoms with van der Waals surface area (Å²) in [4.78, 5) is 32.3. The summed E-state index contributed by atoms with van der Waals surface area (Å²) in [5.74, 6) is 1.04. The van der Waals surface area contributed by atoms with Crippen LogP contribution >= 0.6 is 0 Å². The molecule has 1 aromatic carbocycles. The number of nitrogens with zero attached hydrogens (tertiary/aromatic N) is 5. The Morgan fingerprint density at radius 1 is 1.23 bits per heavy atom. The van der Waals surface area contributed by atoms with Crippen LogP contribution in [0.3, 0.4) is 0 Å². The van der Waals surface area contributed by atoms with Gasteiger partial charge in [0, 0.05) is 32.4 Å². The summed E-state index contributed by atoms with van der Waals surface area (Å²) in [6, 6.07) is 9.98. The molecule has 0 spiro atoms. The maximum atomic E-state index is 13.0. The van der Waals surface area contributed by atoms with E-state index in [2.05, 4.69) is 23.4 Å². The number of hydrogen-bond acceptors (Lipinski definition) is 4. The highest BCUT2D eigenvalue weighted by atomic mass is 16.2. The van der Waals surface area contributed by atoms with E-state index < -0.39 is 0 Å². The van der Waals surface area contributed by atoms with Crippen LogP contribution in [0.4, 0.5) is 11.6 Å². The minimum atomic E-state index is -0.378. The van der Waals surface area contributed by atoms with E-state index in [-0.39, 0.29) is 17.8 Å². The van der Waals surface area contributed by atoms with Gasteiger partial charge in [-0.3, -0.25) is 13.9 Å². The fourth-order valence-electron chi connectivity index (χ4n) is 3.62. The molecule has 0 saturated carbocycles. The van der Waals surface area contributed by atoms with E-state index in [0.717, 1.165) is 12.2 Å². The van der Waals surface area contributed by atoms with Gasteiger partial charge in [0.2, 0.25) is 5.95 Å². The molecule has 0 saturated heterocycles. The van der Waals surface area contributed by atoms with Gasteiger partial charge in [-0.25, -0.2) is 4.79 Å². The Kier molecular flexibility index (Phi) is 3.79. The summed E-state index contributed by atoms with van der Waals surface area (Å²) in [6.45, 7) is 7.48. The summed E-state index contributed by atoms with van der Waals surface area (Å²) in [5.41, 5.74) is 1.22. The smallest absolute Gasteiger partial charge is 0.312 e. The number of hydrogen-bond donors (Lipinski definition) is 0. The molecule has 3 aromatic rings. The fourth-order valence-corrected chi connectivity index (χ4v) is 3.62. The number of imidazole rings is 1. The van der Waals surface area contributed by atoms with Gasteiger partial charge < -0.3 is 9.47 Å². The summed E-state index contributed by atoms with van der Waals surface area (Å²) < 4.78 is 4.59. The predicted molar refractivity (Wildman–Crippen MR) is 102 cm³/mol. The van der Waals surface area contributed by atoms with Gasteiger partial charge in [0.25, 0.3) is 5.56 Å². The highest BCUT2D eigenvalue weighted by molar-refractivity contribution is 5.77. The van der Waals surface area contributed by atoms with E-state index in [4.69, 9.17) is 0 Å². The number of rotatable bonds is 3. The summed E-state index contributed by atoms with van der Waals surface area (Å²) in [7, 11) is 1.65. The van der Waals surface area contributed by atoms with Crippen LogP contribution in [-0.4, -0.2) is 25.2 Å². The van der Waals surface area contributed by atoms with Crippen LogP contribution < -0.4 is 16.1 Å². The Hall–Kier alpha value is -3.09. The van der Waals surface area contributed by atoms with Gasteiger partial charge in [-0.2, -0.15) is 4.98 Å². The highest BCUT2D eigenvalue weighted by Crippen LogP contribution is 2.32. The molecule has 3 heterocycles. The number of benzene rings is 1. The molecule has 26 heavy (non-hydrogen) atoms. The average Bonchev–Trinajstić information content (AvgIpc) is 3.03. The second-order valence-electron chi connectivity index (χ2n) is 6.79. The van der Waals surface area contributed by atoms with Gasteiger partial charge in [-0.15, -0.1) is 6.58 Å². The molecule has 0 N–H and O–H groups in total. The van der Waals surface area contributed by atoms with Gasteiger partial charge >= 0.3 is 5.69 Å². The molecular weight excluding hydrogens is 330 g/mol. The number of allylic oxidation sites excluding steroid dienone is 1. The van der Waals surface area contributed by atoms with Crippen LogP contribution in [-0.2, 0) is 20.1 Å². The minimum Gasteiger partial charge on any atom is -0.312 e. The Balaban J connectivity index is 2.05. The average molecular weight is 351 g/mol. The van der Waals surface area contributed by atoms with Crippen molar-refractivity contribution in [1.82, 2.24) is 18.7 Å². The molecule has 0 radical (unpaired) electrons. The van der Waals surface area contributed by atoms with Crippen molar-refractivity contribution >= 4 is 22.8 Å².